The first kappa shape index (κ1) is 30.1. The maximum absolute atomic E-state index is 12.6. The van der Waals surface area contributed by atoms with Gasteiger partial charge in [-0.05, 0) is 63.1 Å². The number of rotatable bonds is 12. The number of hydrogen-bond donors (Lipinski definition) is 3. The Morgan fingerprint density at radius 1 is 1.13 bits per heavy atom. The molecule has 31 heavy (non-hydrogen) atoms. The molecule has 0 fully saturated rings. The van der Waals surface area contributed by atoms with Crippen LogP contribution >= 0.6 is 24.0 Å². The summed E-state index contributed by atoms with van der Waals surface area (Å²) in [5.74, 6) is 1.69. The molecule has 1 aromatic carbocycles. The minimum atomic E-state index is -3.48. The van der Waals surface area contributed by atoms with Crippen LogP contribution in [0.1, 0.15) is 53.0 Å². The molecule has 7 nitrogen and oxygen atoms in total. The number of aliphatic hydroxyl groups is 1. The van der Waals surface area contributed by atoms with Crippen LogP contribution in [-0.2, 0) is 16.6 Å². The number of sulfonamides is 1. The van der Waals surface area contributed by atoms with Crippen LogP contribution in [0.2, 0.25) is 0 Å². The smallest absolute Gasteiger partial charge is 0.243 e. The van der Waals surface area contributed by atoms with Crippen LogP contribution in [-0.4, -0.2) is 56.6 Å². The first-order valence-electron chi connectivity index (χ1n) is 10.8. The first-order valence-corrected chi connectivity index (χ1v) is 12.3. The maximum Gasteiger partial charge on any atom is 0.243 e. The Morgan fingerprint density at radius 2 is 1.74 bits per heavy atom. The second kappa shape index (κ2) is 15.0. The van der Waals surface area contributed by atoms with Crippen LogP contribution in [0.5, 0.6) is 0 Å². The molecule has 180 valence electrons. The molecule has 0 radical (unpaired) electrons. The Hall–Kier alpha value is -0.910. The molecule has 1 atom stereocenters. The van der Waals surface area contributed by atoms with E-state index in [-0.39, 0.29) is 41.5 Å². The summed E-state index contributed by atoms with van der Waals surface area (Å²) in [7, 11) is -1.88. The maximum atomic E-state index is 12.6. The zero-order valence-corrected chi connectivity index (χ0v) is 22.9. The highest BCUT2D eigenvalue weighted by Crippen LogP contribution is 2.17. The second-order valence-electron chi connectivity index (χ2n) is 8.34. The number of aliphatic hydroxyl groups excluding tert-OH is 1. The van der Waals surface area contributed by atoms with Crippen molar-refractivity contribution in [2.45, 2.75) is 64.9 Å². The first-order chi connectivity index (χ1) is 14.1. The summed E-state index contributed by atoms with van der Waals surface area (Å²) in [5.41, 5.74) is 0.937. The van der Waals surface area contributed by atoms with Gasteiger partial charge in [-0.3, -0.25) is 0 Å². The van der Waals surface area contributed by atoms with Crippen LogP contribution in [0.15, 0.2) is 34.2 Å². The van der Waals surface area contributed by atoms with Gasteiger partial charge in [0.2, 0.25) is 10.0 Å². The summed E-state index contributed by atoms with van der Waals surface area (Å²) in [6, 6.07) is 6.79. The molecule has 0 saturated carbocycles. The van der Waals surface area contributed by atoms with E-state index in [2.05, 4.69) is 29.5 Å². The normalized spacial score (nSPS) is 13.4. The zero-order valence-electron chi connectivity index (χ0n) is 19.8. The van der Waals surface area contributed by atoms with E-state index in [0.717, 1.165) is 37.5 Å². The average Bonchev–Trinajstić information content (AvgIpc) is 2.69. The van der Waals surface area contributed by atoms with Crippen LogP contribution in [0.4, 0.5) is 0 Å². The molecule has 0 aromatic heterocycles. The summed E-state index contributed by atoms with van der Waals surface area (Å²) in [6.07, 6.45) is 1.82. The molecule has 1 rings (SSSR count). The topological polar surface area (TPSA) is 94.0 Å². The number of hydrogen-bond acceptors (Lipinski definition) is 4. The fourth-order valence-electron chi connectivity index (χ4n) is 3.12. The van der Waals surface area contributed by atoms with Crippen molar-refractivity contribution in [2.75, 3.05) is 26.7 Å². The van der Waals surface area contributed by atoms with Gasteiger partial charge < -0.3 is 15.7 Å². The summed E-state index contributed by atoms with van der Waals surface area (Å²) in [6.45, 7) is 12.2. The number of nitrogens with one attached hydrogen (secondary N) is 2. The lowest BCUT2D eigenvalue weighted by molar-refractivity contribution is 0.243. The third-order valence-electron chi connectivity index (χ3n) is 4.99. The lowest BCUT2D eigenvalue weighted by atomic mass is 9.94. The van der Waals surface area contributed by atoms with E-state index in [9.17, 15) is 13.5 Å². The quantitative estimate of drug-likeness (QED) is 0.204. The fourth-order valence-corrected chi connectivity index (χ4v) is 4.48. The minimum absolute atomic E-state index is 0. The molecule has 9 heteroatoms. The third-order valence-corrected chi connectivity index (χ3v) is 7.04. The highest BCUT2D eigenvalue weighted by atomic mass is 127. The number of benzene rings is 1. The summed E-state index contributed by atoms with van der Waals surface area (Å²) >= 11 is 0. The van der Waals surface area contributed by atoms with E-state index in [4.69, 9.17) is 0 Å². The van der Waals surface area contributed by atoms with Gasteiger partial charge in [-0.2, -0.15) is 4.31 Å². The van der Waals surface area contributed by atoms with E-state index in [0.29, 0.717) is 18.4 Å². The summed E-state index contributed by atoms with van der Waals surface area (Å²) in [4.78, 5) is 4.91. The van der Waals surface area contributed by atoms with Crippen molar-refractivity contribution in [3.05, 3.63) is 29.8 Å². The van der Waals surface area contributed by atoms with Gasteiger partial charge in [-0.1, -0.05) is 26.0 Å². The van der Waals surface area contributed by atoms with Crippen molar-refractivity contribution in [1.82, 2.24) is 14.9 Å². The molecule has 0 bridgehead atoms. The van der Waals surface area contributed by atoms with Crippen molar-refractivity contribution in [1.29, 1.82) is 0 Å². The standard InChI is InChI=1S/C22H40N4O3S.HI/c1-7-23-22(25-16-20(12-13-27)14-17(2)3)24-15-19-8-10-21(11-9-19)30(28,29)26(6)18(4)5;/h8-11,17-18,20,27H,7,12-16H2,1-6H3,(H2,23,24,25);1H. The number of guanidine groups is 1. The van der Waals surface area contributed by atoms with Crippen molar-refractivity contribution in [3.63, 3.8) is 0 Å². The molecule has 0 aliphatic heterocycles. The second-order valence-corrected chi connectivity index (χ2v) is 10.3. The largest absolute Gasteiger partial charge is 0.396 e. The summed E-state index contributed by atoms with van der Waals surface area (Å²) in [5, 5.41) is 15.9. The molecule has 0 heterocycles. The van der Waals surface area contributed by atoms with Gasteiger partial charge in [0.1, 0.15) is 0 Å². The van der Waals surface area contributed by atoms with Gasteiger partial charge in [0.15, 0.2) is 5.96 Å². The van der Waals surface area contributed by atoms with Gasteiger partial charge >= 0.3 is 0 Å². The van der Waals surface area contributed by atoms with Crippen LogP contribution in [0, 0.1) is 11.8 Å². The summed E-state index contributed by atoms with van der Waals surface area (Å²) < 4.78 is 26.5. The number of nitrogens with zero attached hydrogens (tertiary/aromatic N) is 2. The fraction of sp³-hybridized carbons (Fsp3) is 0.682. The van der Waals surface area contributed by atoms with E-state index in [1.54, 1.807) is 31.3 Å². The molecule has 0 aliphatic carbocycles. The van der Waals surface area contributed by atoms with E-state index >= 15 is 0 Å². The molecular weight excluding hydrogens is 527 g/mol. The molecule has 0 spiro atoms. The molecule has 3 N–H and O–H groups in total. The molecule has 1 unspecified atom stereocenters. The Labute approximate surface area is 206 Å². The minimum Gasteiger partial charge on any atom is -0.396 e. The van der Waals surface area contributed by atoms with Crippen molar-refractivity contribution >= 4 is 40.0 Å². The molecule has 1 aromatic rings. The predicted molar refractivity (Wildman–Crippen MR) is 139 cm³/mol. The Morgan fingerprint density at radius 3 is 2.23 bits per heavy atom. The van der Waals surface area contributed by atoms with Crippen LogP contribution in [0.3, 0.4) is 0 Å². The van der Waals surface area contributed by atoms with Gasteiger partial charge in [-0.25, -0.2) is 13.4 Å². The van der Waals surface area contributed by atoms with Crippen molar-refractivity contribution in [3.8, 4) is 0 Å². The lowest BCUT2D eigenvalue weighted by Crippen LogP contribution is -2.40. The molecular formula is C22H41IN4O3S. The zero-order chi connectivity index (χ0) is 22.7. The average molecular weight is 569 g/mol. The van der Waals surface area contributed by atoms with Gasteiger partial charge in [0.05, 0.1) is 11.4 Å². The number of halogens is 1. The lowest BCUT2D eigenvalue weighted by Gasteiger charge is -2.21. The highest BCUT2D eigenvalue weighted by Gasteiger charge is 2.22. The third kappa shape index (κ3) is 10.5. The SMILES string of the molecule is CCNC(=NCc1ccc(S(=O)(=O)N(C)C(C)C)cc1)NCC(CCO)CC(C)C.I. The highest BCUT2D eigenvalue weighted by molar-refractivity contribution is 14.0. The van der Waals surface area contributed by atoms with Crippen molar-refractivity contribution in [2.24, 2.45) is 16.8 Å². The van der Waals surface area contributed by atoms with E-state index in [1.165, 1.54) is 4.31 Å². The molecule has 0 aliphatic rings. The van der Waals surface area contributed by atoms with Crippen molar-refractivity contribution < 1.29 is 13.5 Å². The Kier molecular flexibility index (Phi) is 14.6. The van der Waals surface area contributed by atoms with E-state index in [1.807, 2.05) is 20.8 Å². The Bertz CT molecular complexity index is 753. The van der Waals surface area contributed by atoms with Gasteiger partial charge in [-0.15, -0.1) is 24.0 Å². The Balaban J connectivity index is 0.00000900. The van der Waals surface area contributed by atoms with Gasteiger partial charge in [0, 0.05) is 32.8 Å². The monoisotopic (exact) mass is 568 g/mol. The van der Waals surface area contributed by atoms with Crippen LogP contribution in [0.25, 0.3) is 0 Å². The van der Waals surface area contributed by atoms with Crippen LogP contribution < -0.4 is 10.6 Å². The van der Waals surface area contributed by atoms with E-state index < -0.39 is 10.0 Å². The molecule has 0 amide bonds. The number of aliphatic imine (C=N–C) groups is 1. The van der Waals surface area contributed by atoms with Gasteiger partial charge in [0.25, 0.3) is 0 Å². The molecule has 0 saturated heterocycles. The predicted octanol–water partition coefficient (Wildman–Crippen LogP) is 3.43.